The van der Waals surface area contributed by atoms with E-state index in [1.807, 2.05) is 32.0 Å². The molecule has 20 heavy (non-hydrogen) atoms. The van der Waals surface area contributed by atoms with Gasteiger partial charge in [0.05, 0.1) is 30.1 Å². The highest BCUT2D eigenvalue weighted by atomic mass is 16.5. The van der Waals surface area contributed by atoms with Crippen LogP contribution in [0.5, 0.6) is 0 Å². The first-order chi connectivity index (χ1) is 9.49. The van der Waals surface area contributed by atoms with Gasteiger partial charge in [0.2, 0.25) is 5.91 Å². The Hall–Kier alpha value is -1.59. The smallest absolute Gasteiger partial charge is 0.241 e. The van der Waals surface area contributed by atoms with E-state index in [2.05, 4.69) is 17.1 Å². The van der Waals surface area contributed by atoms with Crippen molar-refractivity contribution in [2.45, 2.75) is 39.0 Å². The van der Waals surface area contributed by atoms with Crippen molar-refractivity contribution in [3.8, 4) is 0 Å². The summed E-state index contributed by atoms with van der Waals surface area (Å²) in [5, 5.41) is 2.90. The lowest BCUT2D eigenvalue weighted by Gasteiger charge is -2.39. The van der Waals surface area contributed by atoms with Gasteiger partial charge < -0.3 is 15.8 Å². The molecule has 1 aliphatic rings. The van der Waals surface area contributed by atoms with Gasteiger partial charge in [0, 0.05) is 12.6 Å². The lowest BCUT2D eigenvalue weighted by molar-refractivity contribution is -0.126. The molecule has 110 valence electrons. The average molecular weight is 277 g/mol. The van der Waals surface area contributed by atoms with Crippen LogP contribution in [0, 0.1) is 0 Å². The summed E-state index contributed by atoms with van der Waals surface area (Å²) in [5.41, 5.74) is 7.09. The summed E-state index contributed by atoms with van der Waals surface area (Å²) in [5.74, 6) is -0.0381. The summed E-state index contributed by atoms with van der Waals surface area (Å²) in [4.78, 5) is 14.5. The van der Waals surface area contributed by atoms with Gasteiger partial charge in [-0.3, -0.25) is 9.69 Å². The second-order valence-corrected chi connectivity index (χ2v) is 5.44. The predicted octanol–water partition coefficient (Wildman–Crippen LogP) is 1.70. The van der Waals surface area contributed by atoms with Gasteiger partial charge >= 0.3 is 0 Å². The summed E-state index contributed by atoms with van der Waals surface area (Å²) in [7, 11) is 0. The highest BCUT2D eigenvalue weighted by Gasteiger charge is 2.31. The van der Waals surface area contributed by atoms with E-state index >= 15 is 0 Å². The molecular formula is C15H23N3O2. The van der Waals surface area contributed by atoms with Crippen molar-refractivity contribution in [3.05, 3.63) is 24.3 Å². The average Bonchev–Trinajstić information content (AvgIpc) is 2.43. The van der Waals surface area contributed by atoms with Gasteiger partial charge in [0.25, 0.3) is 0 Å². The Morgan fingerprint density at radius 2 is 2.15 bits per heavy atom. The Labute approximate surface area is 120 Å². The number of anilines is 2. The van der Waals surface area contributed by atoms with Crippen LogP contribution in [-0.4, -0.2) is 42.1 Å². The van der Waals surface area contributed by atoms with E-state index in [4.69, 9.17) is 10.5 Å². The number of ether oxygens (including phenoxy) is 1. The van der Waals surface area contributed by atoms with Crippen LogP contribution < -0.4 is 11.1 Å². The molecule has 3 unspecified atom stereocenters. The number of nitrogens with one attached hydrogen (secondary N) is 1. The SMILES string of the molecule is CC1CN(C(C)C(=O)Nc2ccccc2N)C(C)CO1. The zero-order chi connectivity index (χ0) is 14.7. The number of morpholine rings is 1. The lowest BCUT2D eigenvalue weighted by Crippen LogP contribution is -2.54. The van der Waals surface area contributed by atoms with Crippen LogP contribution in [0.3, 0.4) is 0 Å². The van der Waals surface area contributed by atoms with E-state index in [0.29, 0.717) is 18.0 Å². The molecule has 0 radical (unpaired) electrons. The molecule has 0 saturated carbocycles. The number of hydrogen-bond acceptors (Lipinski definition) is 4. The summed E-state index contributed by atoms with van der Waals surface area (Å²) in [6, 6.07) is 7.32. The quantitative estimate of drug-likeness (QED) is 0.825. The molecule has 0 aliphatic carbocycles. The molecule has 5 nitrogen and oxygen atoms in total. The molecule has 1 fully saturated rings. The molecule has 0 bridgehead atoms. The third-order valence-corrected chi connectivity index (χ3v) is 3.75. The number of nitrogen functional groups attached to an aromatic ring is 1. The van der Waals surface area contributed by atoms with Crippen LogP contribution in [0.1, 0.15) is 20.8 Å². The Bertz CT molecular complexity index is 478. The fourth-order valence-corrected chi connectivity index (χ4v) is 2.47. The van der Waals surface area contributed by atoms with E-state index in [1.165, 1.54) is 0 Å². The second-order valence-electron chi connectivity index (χ2n) is 5.44. The number of hydrogen-bond donors (Lipinski definition) is 2. The summed E-state index contributed by atoms with van der Waals surface area (Å²) < 4.78 is 5.59. The third-order valence-electron chi connectivity index (χ3n) is 3.75. The molecule has 3 N–H and O–H groups in total. The molecule has 2 rings (SSSR count). The summed E-state index contributed by atoms with van der Waals surface area (Å²) in [6.07, 6.45) is 0.156. The molecule has 1 aromatic rings. The number of nitrogens with zero attached hydrogens (tertiary/aromatic N) is 1. The third kappa shape index (κ3) is 3.29. The molecule has 1 saturated heterocycles. The largest absolute Gasteiger partial charge is 0.397 e. The van der Waals surface area contributed by atoms with E-state index in [0.717, 1.165) is 6.54 Å². The number of amides is 1. The number of para-hydroxylation sites is 2. The topological polar surface area (TPSA) is 67.6 Å². The lowest BCUT2D eigenvalue weighted by atomic mass is 10.1. The van der Waals surface area contributed by atoms with Gasteiger partial charge in [-0.05, 0) is 32.9 Å². The summed E-state index contributed by atoms with van der Waals surface area (Å²) in [6.45, 7) is 7.44. The highest BCUT2D eigenvalue weighted by Crippen LogP contribution is 2.19. The Morgan fingerprint density at radius 3 is 2.85 bits per heavy atom. The molecule has 1 amide bonds. The first-order valence-electron chi connectivity index (χ1n) is 7.01. The number of nitrogens with two attached hydrogens (primary N) is 1. The minimum Gasteiger partial charge on any atom is -0.397 e. The maximum absolute atomic E-state index is 12.4. The van der Waals surface area contributed by atoms with E-state index in [9.17, 15) is 4.79 Å². The van der Waals surface area contributed by atoms with Crippen LogP contribution in [-0.2, 0) is 9.53 Å². The minimum atomic E-state index is -0.212. The molecule has 0 aromatic heterocycles. The number of carbonyl (C=O) groups excluding carboxylic acids is 1. The molecule has 1 aromatic carbocycles. The van der Waals surface area contributed by atoms with Crippen LogP contribution in [0.25, 0.3) is 0 Å². The maximum Gasteiger partial charge on any atom is 0.241 e. The van der Waals surface area contributed by atoms with Gasteiger partial charge in [-0.15, -0.1) is 0 Å². The Kier molecular flexibility index (Phi) is 4.62. The van der Waals surface area contributed by atoms with E-state index < -0.39 is 0 Å². The van der Waals surface area contributed by atoms with Crippen molar-refractivity contribution in [1.29, 1.82) is 0 Å². The molecule has 0 spiro atoms. The van der Waals surface area contributed by atoms with Crippen LogP contribution >= 0.6 is 0 Å². The molecule has 1 aliphatic heterocycles. The Morgan fingerprint density at radius 1 is 1.45 bits per heavy atom. The van der Waals surface area contributed by atoms with Crippen molar-refractivity contribution < 1.29 is 9.53 Å². The number of benzene rings is 1. The molecule has 3 atom stereocenters. The fourth-order valence-electron chi connectivity index (χ4n) is 2.47. The van der Waals surface area contributed by atoms with Crippen molar-refractivity contribution in [3.63, 3.8) is 0 Å². The minimum absolute atomic E-state index is 0.0381. The van der Waals surface area contributed by atoms with Crippen molar-refractivity contribution >= 4 is 17.3 Å². The summed E-state index contributed by atoms with van der Waals surface area (Å²) >= 11 is 0. The first kappa shape index (κ1) is 14.8. The van der Waals surface area contributed by atoms with E-state index in [1.54, 1.807) is 6.07 Å². The first-order valence-corrected chi connectivity index (χ1v) is 7.01. The maximum atomic E-state index is 12.4. The highest BCUT2D eigenvalue weighted by molar-refractivity contribution is 5.97. The Balaban J connectivity index is 2.03. The normalized spacial score (nSPS) is 25.1. The van der Waals surface area contributed by atoms with Crippen molar-refractivity contribution in [1.82, 2.24) is 4.90 Å². The van der Waals surface area contributed by atoms with Gasteiger partial charge in [0.15, 0.2) is 0 Å². The predicted molar refractivity (Wildman–Crippen MR) is 80.5 cm³/mol. The standard InChI is InChI=1S/C15H23N3O2/c1-10-9-20-11(2)8-18(10)12(3)15(19)17-14-7-5-4-6-13(14)16/h4-7,10-12H,8-9,16H2,1-3H3,(H,17,19). The van der Waals surface area contributed by atoms with Crippen molar-refractivity contribution in [2.24, 2.45) is 0 Å². The van der Waals surface area contributed by atoms with Crippen molar-refractivity contribution in [2.75, 3.05) is 24.2 Å². The van der Waals surface area contributed by atoms with Gasteiger partial charge in [-0.25, -0.2) is 0 Å². The molecule has 5 heteroatoms. The number of carbonyl (C=O) groups is 1. The van der Waals surface area contributed by atoms with Gasteiger partial charge in [-0.1, -0.05) is 12.1 Å². The van der Waals surface area contributed by atoms with Crippen LogP contribution in [0.15, 0.2) is 24.3 Å². The molecular weight excluding hydrogens is 254 g/mol. The van der Waals surface area contributed by atoms with E-state index in [-0.39, 0.29) is 24.1 Å². The van der Waals surface area contributed by atoms with Gasteiger partial charge in [-0.2, -0.15) is 0 Å². The second kappa shape index (κ2) is 6.24. The molecule has 1 heterocycles. The van der Waals surface area contributed by atoms with Crippen LogP contribution in [0.4, 0.5) is 11.4 Å². The zero-order valence-electron chi connectivity index (χ0n) is 12.3. The monoisotopic (exact) mass is 277 g/mol. The fraction of sp³-hybridized carbons (Fsp3) is 0.533. The number of rotatable bonds is 3. The van der Waals surface area contributed by atoms with Crippen LogP contribution in [0.2, 0.25) is 0 Å². The zero-order valence-corrected chi connectivity index (χ0v) is 12.3. The van der Waals surface area contributed by atoms with Gasteiger partial charge in [0.1, 0.15) is 0 Å².